The first-order valence-corrected chi connectivity index (χ1v) is 6.55. The Balaban J connectivity index is 3.13. The summed E-state index contributed by atoms with van der Waals surface area (Å²) in [6.45, 7) is 8.87. The molecule has 1 aromatic rings. The minimum atomic E-state index is -0.578. The Labute approximate surface area is 113 Å². The van der Waals surface area contributed by atoms with Crippen molar-refractivity contribution in [2.75, 3.05) is 6.54 Å². The lowest BCUT2D eigenvalue weighted by molar-refractivity contribution is -0.385. The van der Waals surface area contributed by atoms with Gasteiger partial charge in [0.15, 0.2) is 0 Å². The minimum Gasteiger partial charge on any atom is -0.314 e. The predicted molar refractivity (Wildman–Crippen MR) is 73.8 cm³/mol. The summed E-state index contributed by atoms with van der Waals surface area (Å²) in [5.41, 5.74) is 0.328. The van der Waals surface area contributed by atoms with E-state index in [0.29, 0.717) is 5.56 Å². The maximum absolute atomic E-state index is 14.1. The molecule has 1 aromatic carbocycles. The van der Waals surface area contributed by atoms with Crippen molar-refractivity contribution in [3.05, 3.63) is 39.7 Å². The van der Waals surface area contributed by atoms with Crippen molar-refractivity contribution in [2.24, 2.45) is 5.92 Å². The van der Waals surface area contributed by atoms with Gasteiger partial charge in [-0.25, -0.2) is 4.39 Å². The number of benzene rings is 1. The normalized spacial score (nSPS) is 14.4. The van der Waals surface area contributed by atoms with Gasteiger partial charge >= 0.3 is 0 Å². The molecule has 0 aliphatic carbocycles. The van der Waals surface area contributed by atoms with Gasteiger partial charge < -0.3 is 5.32 Å². The molecule has 19 heavy (non-hydrogen) atoms. The van der Waals surface area contributed by atoms with Crippen LogP contribution in [0.3, 0.4) is 0 Å². The van der Waals surface area contributed by atoms with Crippen molar-refractivity contribution in [1.29, 1.82) is 0 Å². The number of likely N-dealkylation sites (N-methyl/N-ethyl adjacent to an activating group) is 1. The largest absolute Gasteiger partial charge is 0.314 e. The summed E-state index contributed by atoms with van der Waals surface area (Å²) in [7, 11) is 0. The Morgan fingerprint density at radius 3 is 2.42 bits per heavy atom. The molecule has 0 saturated heterocycles. The van der Waals surface area contributed by atoms with E-state index in [1.165, 1.54) is 12.1 Å². The molecule has 0 amide bonds. The number of nitrogens with one attached hydrogen (secondary N) is 1. The van der Waals surface area contributed by atoms with E-state index < -0.39 is 10.7 Å². The van der Waals surface area contributed by atoms with Crippen LogP contribution in [0, 0.1) is 21.8 Å². The molecule has 106 valence electrons. The van der Waals surface area contributed by atoms with E-state index in [1.807, 2.05) is 27.7 Å². The zero-order valence-electron chi connectivity index (χ0n) is 11.8. The van der Waals surface area contributed by atoms with Gasteiger partial charge in [0.2, 0.25) is 0 Å². The highest BCUT2D eigenvalue weighted by molar-refractivity contribution is 5.36. The van der Waals surface area contributed by atoms with E-state index >= 15 is 0 Å². The van der Waals surface area contributed by atoms with Crippen LogP contribution >= 0.6 is 0 Å². The number of non-ortho nitro benzene ring substituents is 1. The number of rotatable bonds is 6. The van der Waals surface area contributed by atoms with Gasteiger partial charge in [-0.15, -0.1) is 0 Å². The molecule has 0 heterocycles. The molecule has 0 bridgehead atoms. The summed E-state index contributed by atoms with van der Waals surface area (Å²) in [5, 5.41) is 13.9. The summed E-state index contributed by atoms with van der Waals surface area (Å²) in [6, 6.07) is 4.02. The number of nitrogens with zero attached hydrogens (tertiary/aromatic N) is 1. The van der Waals surface area contributed by atoms with Gasteiger partial charge in [0.1, 0.15) is 5.82 Å². The SMILES string of the molecule is CCNC(C)C(c1ccc([N+](=O)[O-])cc1F)C(C)C. The number of hydrogen-bond acceptors (Lipinski definition) is 3. The van der Waals surface area contributed by atoms with E-state index in [-0.39, 0.29) is 23.6 Å². The standard InChI is InChI=1S/C14H21FN2O2/c1-5-16-10(4)14(9(2)3)12-7-6-11(17(18)19)8-13(12)15/h6-10,14,16H,5H2,1-4H3. The molecular weight excluding hydrogens is 247 g/mol. The molecule has 2 unspecified atom stereocenters. The fourth-order valence-electron chi connectivity index (χ4n) is 2.55. The average molecular weight is 268 g/mol. The lowest BCUT2D eigenvalue weighted by Crippen LogP contribution is -2.35. The Morgan fingerprint density at radius 2 is 2.00 bits per heavy atom. The molecule has 0 spiro atoms. The van der Waals surface area contributed by atoms with Crippen LogP contribution in [-0.2, 0) is 0 Å². The molecule has 1 N–H and O–H groups in total. The second-order valence-electron chi connectivity index (χ2n) is 5.08. The van der Waals surface area contributed by atoms with E-state index in [2.05, 4.69) is 5.32 Å². The predicted octanol–water partition coefficient (Wildman–Crippen LogP) is 3.47. The van der Waals surface area contributed by atoms with Gasteiger partial charge in [-0.05, 0) is 31.0 Å². The van der Waals surface area contributed by atoms with E-state index in [1.54, 1.807) is 0 Å². The quantitative estimate of drug-likeness (QED) is 0.635. The van der Waals surface area contributed by atoms with Gasteiger partial charge in [0.25, 0.3) is 5.69 Å². The first-order chi connectivity index (χ1) is 8.88. The maximum Gasteiger partial charge on any atom is 0.272 e. The van der Waals surface area contributed by atoms with Gasteiger partial charge in [-0.1, -0.05) is 20.8 Å². The summed E-state index contributed by atoms with van der Waals surface area (Å²) in [5.74, 6) is -0.275. The Morgan fingerprint density at radius 1 is 1.37 bits per heavy atom. The van der Waals surface area contributed by atoms with E-state index in [9.17, 15) is 14.5 Å². The van der Waals surface area contributed by atoms with Crippen LogP contribution in [0.1, 0.15) is 39.2 Å². The fourth-order valence-corrected chi connectivity index (χ4v) is 2.55. The van der Waals surface area contributed by atoms with Gasteiger partial charge in [0, 0.05) is 18.0 Å². The molecule has 0 aliphatic rings. The summed E-state index contributed by atoms with van der Waals surface area (Å²) in [4.78, 5) is 10.1. The van der Waals surface area contributed by atoms with Crippen LogP contribution in [0.4, 0.5) is 10.1 Å². The van der Waals surface area contributed by atoms with Gasteiger partial charge in [0.05, 0.1) is 11.0 Å². The Hall–Kier alpha value is -1.49. The highest BCUT2D eigenvalue weighted by Gasteiger charge is 2.26. The summed E-state index contributed by atoms with van der Waals surface area (Å²) >= 11 is 0. The lowest BCUT2D eigenvalue weighted by atomic mass is 9.82. The van der Waals surface area contributed by atoms with Crippen LogP contribution in [0.15, 0.2) is 18.2 Å². The third kappa shape index (κ3) is 3.73. The monoisotopic (exact) mass is 268 g/mol. The van der Waals surface area contributed by atoms with Crippen molar-refractivity contribution in [3.63, 3.8) is 0 Å². The fraction of sp³-hybridized carbons (Fsp3) is 0.571. The number of nitro groups is 1. The smallest absolute Gasteiger partial charge is 0.272 e. The topological polar surface area (TPSA) is 55.2 Å². The van der Waals surface area contributed by atoms with Crippen LogP contribution in [-0.4, -0.2) is 17.5 Å². The first-order valence-electron chi connectivity index (χ1n) is 6.55. The molecule has 0 aromatic heterocycles. The van der Waals surface area contributed by atoms with E-state index in [0.717, 1.165) is 12.6 Å². The minimum absolute atomic E-state index is 0.0132. The molecule has 1 rings (SSSR count). The highest BCUT2D eigenvalue weighted by atomic mass is 19.1. The summed E-state index contributed by atoms with van der Waals surface area (Å²) < 4.78 is 14.1. The number of halogens is 1. The summed E-state index contributed by atoms with van der Waals surface area (Å²) in [6.07, 6.45) is 0. The maximum atomic E-state index is 14.1. The first kappa shape index (κ1) is 15.6. The van der Waals surface area contributed by atoms with Crippen LogP contribution in [0.5, 0.6) is 0 Å². The molecule has 5 heteroatoms. The molecule has 2 atom stereocenters. The third-order valence-corrected chi connectivity index (χ3v) is 3.34. The van der Waals surface area contributed by atoms with Gasteiger partial charge in [-0.2, -0.15) is 0 Å². The molecule has 4 nitrogen and oxygen atoms in total. The van der Waals surface area contributed by atoms with Crippen LogP contribution in [0.2, 0.25) is 0 Å². The zero-order chi connectivity index (χ0) is 14.6. The van der Waals surface area contributed by atoms with Crippen LogP contribution in [0.25, 0.3) is 0 Å². The molecule has 0 saturated carbocycles. The molecule has 0 aliphatic heterocycles. The number of hydrogen-bond donors (Lipinski definition) is 1. The zero-order valence-corrected chi connectivity index (χ0v) is 11.8. The molecule has 0 radical (unpaired) electrons. The van der Waals surface area contributed by atoms with E-state index in [4.69, 9.17) is 0 Å². The van der Waals surface area contributed by atoms with Crippen molar-refractivity contribution >= 4 is 5.69 Å². The van der Waals surface area contributed by atoms with Crippen molar-refractivity contribution in [3.8, 4) is 0 Å². The second-order valence-corrected chi connectivity index (χ2v) is 5.08. The highest BCUT2D eigenvalue weighted by Crippen LogP contribution is 2.31. The Kier molecular flexibility index (Phi) is 5.42. The van der Waals surface area contributed by atoms with Gasteiger partial charge in [-0.3, -0.25) is 10.1 Å². The lowest BCUT2D eigenvalue weighted by Gasteiger charge is -2.28. The number of nitro benzene ring substituents is 1. The second kappa shape index (κ2) is 6.61. The Bertz CT molecular complexity index is 449. The van der Waals surface area contributed by atoms with Crippen molar-refractivity contribution in [1.82, 2.24) is 5.32 Å². The third-order valence-electron chi connectivity index (χ3n) is 3.34. The average Bonchev–Trinajstić information content (AvgIpc) is 2.31. The molecule has 0 fully saturated rings. The van der Waals surface area contributed by atoms with Crippen LogP contribution < -0.4 is 5.32 Å². The van der Waals surface area contributed by atoms with Crippen molar-refractivity contribution in [2.45, 2.75) is 39.7 Å². The molecular formula is C14H21FN2O2. The van der Waals surface area contributed by atoms with Crippen molar-refractivity contribution < 1.29 is 9.31 Å².